The maximum Gasteiger partial charge on any atom is 0.254 e. The van der Waals surface area contributed by atoms with Crippen LogP contribution < -0.4 is 10.6 Å². The number of benzene rings is 1. The Morgan fingerprint density at radius 1 is 1.31 bits per heavy atom. The molecule has 1 fully saturated rings. The van der Waals surface area contributed by atoms with Crippen LogP contribution in [0.2, 0.25) is 0 Å². The lowest BCUT2D eigenvalue weighted by Crippen LogP contribution is -2.45. The number of amides is 1. The van der Waals surface area contributed by atoms with Crippen molar-refractivity contribution in [3.63, 3.8) is 0 Å². The first-order chi connectivity index (χ1) is 13.5. The average molecular weight is 438 g/mol. The zero-order chi connectivity index (χ0) is 21.6. The number of carbonyl (C=O) groups is 1. The van der Waals surface area contributed by atoms with Crippen molar-refractivity contribution in [1.29, 1.82) is 0 Å². The monoisotopic (exact) mass is 437 g/mol. The van der Waals surface area contributed by atoms with Crippen molar-refractivity contribution in [2.75, 3.05) is 32.0 Å². The van der Waals surface area contributed by atoms with Crippen molar-refractivity contribution >= 4 is 34.8 Å². The van der Waals surface area contributed by atoms with E-state index in [1.165, 1.54) is 0 Å². The van der Waals surface area contributed by atoms with Crippen LogP contribution in [0, 0.1) is 0 Å². The summed E-state index contributed by atoms with van der Waals surface area (Å²) in [5.41, 5.74) is 1.53. The van der Waals surface area contributed by atoms with Crippen LogP contribution >= 0.6 is 23.2 Å². The van der Waals surface area contributed by atoms with Gasteiger partial charge < -0.3 is 15.5 Å². The van der Waals surface area contributed by atoms with Gasteiger partial charge in [0.25, 0.3) is 5.91 Å². The number of allylic oxidation sites excluding steroid dienone is 2. The molecule has 2 aliphatic rings. The summed E-state index contributed by atoms with van der Waals surface area (Å²) in [7, 11) is 1.80. The summed E-state index contributed by atoms with van der Waals surface area (Å²) < 4.78 is 14.5. The molecule has 2 heterocycles. The normalized spacial score (nSPS) is 24.1. The quantitative estimate of drug-likeness (QED) is 0.642. The largest absolute Gasteiger partial charge is 0.374 e. The van der Waals surface area contributed by atoms with E-state index in [1.807, 2.05) is 18.2 Å². The van der Waals surface area contributed by atoms with E-state index in [0.29, 0.717) is 37.3 Å². The summed E-state index contributed by atoms with van der Waals surface area (Å²) in [6, 6.07) is 5.72. The van der Waals surface area contributed by atoms with Crippen LogP contribution in [0.5, 0.6) is 0 Å². The highest BCUT2D eigenvalue weighted by Gasteiger charge is 2.42. The van der Waals surface area contributed by atoms with Gasteiger partial charge in [0, 0.05) is 42.4 Å². The van der Waals surface area contributed by atoms with Gasteiger partial charge in [-0.3, -0.25) is 4.79 Å². The van der Waals surface area contributed by atoms with Crippen LogP contribution in [-0.2, 0) is 5.41 Å². The van der Waals surface area contributed by atoms with Gasteiger partial charge in [-0.05, 0) is 30.7 Å². The van der Waals surface area contributed by atoms with Gasteiger partial charge in [-0.2, -0.15) is 0 Å². The molecule has 0 aliphatic carbocycles. The third-order valence-corrected chi connectivity index (χ3v) is 6.41. The first kappa shape index (κ1) is 21.9. The molecule has 3 rings (SSSR count). The van der Waals surface area contributed by atoms with Crippen molar-refractivity contribution in [2.24, 2.45) is 0 Å². The summed E-state index contributed by atoms with van der Waals surface area (Å²) in [5, 5.41) is 6.75. The van der Waals surface area contributed by atoms with Crippen molar-refractivity contribution < 1.29 is 9.18 Å². The van der Waals surface area contributed by atoms with Crippen molar-refractivity contribution in [3.05, 3.63) is 63.9 Å². The standard InChI is InChI=1S/C22H26Cl2FN3O/c1-13(23)19(24)18(14(2)25)22(8-9-26-11-22)27-15-6-7-17-16(10-15)20(29)28(5)12-21(17,3)4/h6-7,10,26-27H,1-2,8-9,11-12H2,3-5H3/b19-18-. The molecule has 0 aromatic heterocycles. The van der Waals surface area contributed by atoms with E-state index in [1.54, 1.807) is 11.9 Å². The molecular formula is C22H26Cl2FN3O. The summed E-state index contributed by atoms with van der Waals surface area (Å²) >= 11 is 12.3. The van der Waals surface area contributed by atoms with E-state index in [4.69, 9.17) is 23.2 Å². The second kappa shape index (κ2) is 7.78. The van der Waals surface area contributed by atoms with E-state index >= 15 is 0 Å². The molecule has 4 nitrogen and oxygen atoms in total. The molecular weight excluding hydrogens is 412 g/mol. The maximum atomic E-state index is 14.5. The zero-order valence-corrected chi connectivity index (χ0v) is 18.5. The van der Waals surface area contributed by atoms with Crippen LogP contribution in [0.3, 0.4) is 0 Å². The molecule has 1 amide bonds. The maximum absolute atomic E-state index is 14.5. The lowest BCUT2D eigenvalue weighted by molar-refractivity contribution is 0.0737. The lowest BCUT2D eigenvalue weighted by Gasteiger charge is -2.38. The molecule has 29 heavy (non-hydrogen) atoms. The van der Waals surface area contributed by atoms with Gasteiger partial charge in [-0.15, -0.1) is 0 Å². The fourth-order valence-electron chi connectivity index (χ4n) is 4.42. The van der Waals surface area contributed by atoms with Crippen molar-refractivity contribution in [3.8, 4) is 0 Å². The zero-order valence-electron chi connectivity index (χ0n) is 17.0. The highest BCUT2D eigenvalue weighted by Crippen LogP contribution is 2.40. The number of rotatable bonds is 5. The molecule has 1 aromatic carbocycles. The minimum Gasteiger partial charge on any atom is -0.374 e. The Labute approximate surface area is 181 Å². The first-order valence-corrected chi connectivity index (χ1v) is 10.2. The first-order valence-electron chi connectivity index (χ1n) is 9.47. The summed E-state index contributed by atoms with van der Waals surface area (Å²) in [6.07, 6.45) is 0.572. The molecule has 1 atom stereocenters. The SMILES string of the molecule is C=C(Cl)/C(Cl)=C(\C(=C)F)C1(Nc2ccc3c(c2)C(=O)N(C)CC3(C)C)CCNC1. The third-order valence-electron chi connectivity index (χ3n) is 5.70. The second-order valence-electron chi connectivity index (χ2n) is 8.44. The Hall–Kier alpha value is -1.82. The number of hydrogen-bond donors (Lipinski definition) is 2. The van der Waals surface area contributed by atoms with Crippen LogP contribution in [0.15, 0.2) is 52.8 Å². The average Bonchev–Trinajstić information content (AvgIpc) is 3.07. The van der Waals surface area contributed by atoms with Crippen molar-refractivity contribution in [1.82, 2.24) is 10.2 Å². The molecule has 0 spiro atoms. The van der Waals surface area contributed by atoms with E-state index < -0.39 is 11.4 Å². The van der Waals surface area contributed by atoms with Gasteiger partial charge in [-0.25, -0.2) is 4.39 Å². The molecule has 1 saturated heterocycles. The summed E-state index contributed by atoms with van der Waals surface area (Å²) in [6.45, 7) is 13.1. The van der Waals surface area contributed by atoms with Gasteiger partial charge in [0.1, 0.15) is 5.83 Å². The van der Waals surface area contributed by atoms with Crippen LogP contribution in [-0.4, -0.2) is 43.0 Å². The Kier molecular flexibility index (Phi) is 5.87. The Morgan fingerprint density at radius 3 is 2.55 bits per heavy atom. The molecule has 0 radical (unpaired) electrons. The highest BCUT2D eigenvalue weighted by molar-refractivity contribution is 6.44. The van der Waals surface area contributed by atoms with Crippen molar-refractivity contribution in [2.45, 2.75) is 31.2 Å². The predicted molar refractivity (Wildman–Crippen MR) is 118 cm³/mol. The molecule has 0 saturated carbocycles. The number of carbonyl (C=O) groups excluding carboxylic acids is 1. The Bertz CT molecular complexity index is 917. The summed E-state index contributed by atoms with van der Waals surface area (Å²) in [4.78, 5) is 14.5. The Morgan fingerprint density at radius 2 is 2.00 bits per heavy atom. The minimum atomic E-state index is -0.853. The number of hydrogen-bond acceptors (Lipinski definition) is 3. The predicted octanol–water partition coefficient (Wildman–Crippen LogP) is 4.92. The molecule has 1 aromatic rings. The molecule has 1 unspecified atom stereocenters. The number of likely N-dealkylation sites (N-methyl/N-ethyl adjacent to an activating group) is 1. The number of nitrogens with zero attached hydrogens (tertiary/aromatic N) is 1. The van der Waals surface area contributed by atoms with Gasteiger partial charge in [0.05, 0.1) is 15.6 Å². The number of nitrogens with one attached hydrogen (secondary N) is 2. The molecule has 2 N–H and O–H groups in total. The highest BCUT2D eigenvalue weighted by atomic mass is 35.5. The fraction of sp³-hybridized carbons (Fsp3) is 0.409. The van der Waals surface area contributed by atoms with Gasteiger partial charge in [0.2, 0.25) is 0 Å². The summed E-state index contributed by atoms with van der Waals surface area (Å²) in [5.74, 6) is -0.692. The Balaban J connectivity index is 2.08. The van der Waals surface area contributed by atoms with Crippen LogP contribution in [0.1, 0.15) is 36.2 Å². The van der Waals surface area contributed by atoms with Crippen LogP contribution in [0.25, 0.3) is 0 Å². The van der Waals surface area contributed by atoms with Gasteiger partial charge in [-0.1, -0.05) is 56.3 Å². The lowest BCUT2D eigenvalue weighted by atomic mass is 9.78. The molecule has 0 bridgehead atoms. The van der Waals surface area contributed by atoms with Gasteiger partial charge >= 0.3 is 0 Å². The fourth-order valence-corrected chi connectivity index (χ4v) is 4.80. The number of halogens is 3. The smallest absolute Gasteiger partial charge is 0.254 e. The number of fused-ring (bicyclic) bond motifs is 1. The van der Waals surface area contributed by atoms with Gasteiger partial charge in [0.15, 0.2) is 0 Å². The third kappa shape index (κ3) is 3.96. The van der Waals surface area contributed by atoms with E-state index in [2.05, 4.69) is 37.6 Å². The number of anilines is 1. The van der Waals surface area contributed by atoms with E-state index in [0.717, 1.165) is 5.56 Å². The minimum absolute atomic E-state index is 0.0283. The molecule has 156 valence electrons. The molecule has 7 heteroatoms. The van der Waals surface area contributed by atoms with E-state index in [-0.39, 0.29) is 27.0 Å². The molecule has 2 aliphatic heterocycles. The topological polar surface area (TPSA) is 44.4 Å². The van der Waals surface area contributed by atoms with E-state index in [9.17, 15) is 9.18 Å². The van der Waals surface area contributed by atoms with Crippen LogP contribution in [0.4, 0.5) is 10.1 Å². The second-order valence-corrected chi connectivity index (χ2v) is 9.27.